The maximum atomic E-state index is 2.18. The molecule has 0 N–H and O–H groups in total. The lowest BCUT2D eigenvalue weighted by atomic mass is 10.0. The molecule has 5 aromatic rings. The number of thiophene rings is 1. The molecule has 0 aliphatic heterocycles. The molecule has 2 aliphatic rings. The third-order valence-electron chi connectivity index (χ3n) is 5.25. The molecule has 1 aromatic heterocycles. The third-order valence-corrected chi connectivity index (χ3v) is 5.88. The summed E-state index contributed by atoms with van der Waals surface area (Å²) in [5.41, 5.74) is 5.40. The molecule has 1 heterocycles. The van der Waals surface area contributed by atoms with Crippen molar-refractivity contribution in [3.05, 3.63) is 118 Å². The van der Waals surface area contributed by atoms with E-state index >= 15 is 0 Å². The minimum Gasteiger partial charge on any atom is -0.152 e. The van der Waals surface area contributed by atoms with Crippen LogP contribution in [0.4, 0.5) is 0 Å². The van der Waals surface area contributed by atoms with E-state index in [2.05, 4.69) is 97.1 Å². The van der Waals surface area contributed by atoms with E-state index in [0.29, 0.717) is 0 Å². The Balaban J connectivity index is 0.000000102. The Morgan fingerprint density at radius 1 is 0.379 bits per heavy atom. The fourth-order valence-electron chi connectivity index (χ4n) is 3.94. The average Bonchev–Trinajstić information content (AvgIpc) is 3.54. The average molecular weight is 389 g/mol. The van der Waals surface area contributed by atoms with Gasteiger partial charge in [-0.05, 0) is 54.6 Å². The van der Waals surface area contributed by atoms with Crippen LogP contribution in [0.2, 0.25) is 0 Å². The van der Waals surface area contributed by atoms with Crippen LogP contribution in [0.25, 0.3) is 45.8 Å². The Kier molecular flexibility index (Phi) is 4.81. The normalized spacial score (nSPS) is 11.9. The second-order valence-corrected chi connectivity index (χ2v) is 7.86. The highest BCUT2D eigenvalue weighted by Crippen LogP contribution is 2.31. The van der Waals surface area contributed by atoms with E-state index in [0.717, 1.165) is 0 Å². The fraction of sp³-hybridized carbons (Fsp3) is 0. The molecule has 0 unspecified atom stereocenters. The van der Waals surface area contributed by atoms with Crippen molar-refractivity contribution in [3.8, 4) is 0 Å². The summed E-state index contributed by atoms with van der Waals surface area (Å²) in [4.78, 5) is 0. The lowest BCUT2D eigenvalue weighted by Gasteiger charge is -1.99. The van der Waals surface area contributed by atoms with Crippen molar-refractivity contribution in [2.75, 3.05) is 0 Å². The molecule has 0 fully saturated rings. The molecular formula is C28H20S. The first-order valence-electron chi connectivity index (χ1n) is 9.77. The fourth-order valence-corrected chi connectivity index (χ4v) is 4.39. The van der Waals surface area contributed by atoms with Gasteiger partial charge in [0, 0.05) is 0 Å². The smallest absolute Gasteiger partial charge is 0.00389 e. The highest BCUT2D eigenvalue weighted by Gasteiger charge is 2.07. The second kappa shape index (κ2) is 7.90. The van der Waals surface area contributed by atoms with Gasteiger partial charge >= 0.3 is 0 Å². The summed E-state index contributed by atoms with van der Waals surface area (Å²) >= 11 is 1.71. The monoisotopic (exact) mass is 388 g/mol. The van der Waals surface area contributed by atoms with Gasteiger partial charge in [-0.25, -0.2) is 0 Å². The van der Waals surface area contributed by atoms with Crippen molar-refractivity contribution in [2.24, 2.45) is 0 Å². The van der Waals surface area contributed by atoms with Crippen LogP contribution in [0.3, 0.4) is 0 Å². The Labute approximate surface area is 175 Å². The van der Waals surface area contributed by atoms with Gasteiger partial charge < -0.3 is 0 Å². The van der Waals surface area contributed by atoms with Crippen LogP contribution >= 0.6 is 11.3 Å². The zero-order valence-corrected chi connectivity index (χ0v) is 16.8. The Hall–Kier alpha value is -3.42. The van der Waals surface area contributed by atoms with E-state index in [1.54, 1.807) is 11.3 Å². The first-order chi connectivity index (χ1) is 14.4. The Morgan fingerprint density at radius 3 is 1.00 bits per heavy atom. The van der Waals surface area contributed by atoms with Crippen molar-refractivity contribution < 1.29 is 0 Å². The summed E-state index contributed by atoms with van der Waals surface area (Å²) in [6.07, 6.45) is 8.71. The summed E-state index contributed by atoms with van der Waals surface area (Å²) in [6.45, 7) is 0. The van der Waals surface area contributed by atoms with Gasteiger partial charge in [-0.15, -0.1) is 0 Å². The molecule has 0 amide bonds. The van der Waals surface area contributed by atoms with Gasteiger partial charge in [-0.2, -0.15) is 11.3 Å². The summed E-state index contributed by atoms with van der Waals surface area (Å²) in [7, 11) is 0. The van der Waals surface area contributed by atoms with Gasteiger partial charge in [0.1, 0.15) is 0 Å². The van der Waals surface area contributed by atoms with E-state index in [4.69, 9.17) is 0 Å². The summed E-state index contributed by atoms with van der Waals surface area (Å²) in [5, 5.41) is 9.57. The van der Waals surface area contributed by atoms with Gasteiger partial charge in [0.25, 0.3) is 0 Å². The molecule has 0 spiro atoms. The zero-order chi connectivity index (χ0) is 19.5. The van der Waals surface area contributed by atoms with E-state index in [1.807, 2.05) is 22.9 Å². The van der Waals surface area contributed by atoms with E-state index < -0.39 is 0 Å². The number of benzene rings is 4. The lowest BCUT2D eigenvalue weighted by molar-refractivity contribution is 1.72. The quantitative estimate of drug-likeness (QED) is 0.245. The highest BCUT2D eigenvalue weighted by atomic mass is 32.1. The molecule has 138 valence electrons. The number of hydrogen-bond acceptors (Lipinski definition) is 1. The predicted octanol–water partition coefficient (Wildman–Crippen LogP) is 8.40. The van der Waals surface area contributed by atoms with Crippen molar-refractivity contribution >= 4 is 57.2 Å². The molecular weight excluding hydrogens is 368 g/mol. The van der Waals surface area contributed by atoms with E-state index in [9.17, 15) is 0 Å². The van der Waals surface area contributed by atoms with Crippen LogP contribution in [-0.2, 0) is 0 Å². The molecule has 29 heavy (non-hydrogen) atoms. The molecule has 0 atom stereocenters. The standard InChI is InChI=1S/2C12H8.C4H4S/c2*1-3-9-4-2-6-11-8-7-10(5-1)12(9)11;1-2-4-5-3-1/h2*1-8H;1-4H. The molecule has 0 nitrogen and oxygen atoms in total. The maximum absolute atomic E-state index is 2.18. The Morgan fingerprint density at radius 2 is 0.724 bits per heavy atom. The molecule has 0 saturated carbocycles. The SMILES string of the molecule is C1=Cc2cccc3cccc1c23.C1=Cc2cccc3cccc1c23.c1ccsc1. The van der Waals surface area contributed by atoms with Crippen LogP contribution in [0.1, 0.15) is 22.3 Å². The summed E-state index contributed by atoms with van der Waals surface area (Å²) < 4.78 is 0. The molecule has 0 saturated heterocycles. The minimum absolute atomic E-state index is 1.34. The van der Waals surface area contributed by atoms with Gasteiger partial charge in [0.15, 0.2) is 0 Å². The number of rotatable bonds is 0. The molecule has 2 aliphatic carbocycles. The minimum atomic E-state index is 1.34. The first kappa shape index (κ1) is 17.7. The predicted molar refractivity (Wildman–Crippen MR) is 130 cm³/mol. The largest absolute Gasteiger partial charge is 0.152 e. The lowest BCUT2D eigenvalue weighted by Crippen LogP contribution is -1.76. The summed E-state index contributed by atoms with van der Waals surface area (Å²) in [5.74, 6) is 0. The first-order valence-corrected chi connectivity index (χ1v) is 10.7. The zero-order valence-electron chi connectivity index (χ0n) is 16.0. The van der Waals surface area contributed by atoms with Crippen molar-refractivity contribution in [2.45, 2.75) is 0 Å². The molecule has 4 aromatic carbocycles. The molecule has 0 radical (unpaired) electrons. The van der Waals surface area contributed by atoms with Crippen LogP contribution in [0.15, 0.2) is 95.7 Å². The maximum Gasteiger partial charge on any atom is -0.00389 e. The molecule has 7 rings (SSSR count). The van der Waals surface area contributed by atoms with Crippen molar-refractivity contribution in [3.63, 3.8) is 0 Å². The van der Waals surface area contributed by atoms with Crippen LogP contribution in [0, 0.1) is 0 Å². The van der Waals surface area contributed by atoms with Gasteiger partial charge in [0.2, 0.25) is 0 Å². The highest BCUT2D eigenvalue weighted by molar-refractivity contribution is 7.07. The van der Waals surface area contributed by atoms with E-state index in [1.165, 1.54) is 43.8 Å². The number of hydrogen-bond donors (Lipinski definition) is 0. The summed E-state index contributed by atoms with van der Waals surface area (Å²) in [6, 6.07) is 29.8. The van der Waals surface area contributed by atoms with Gasteiger partial charge in [-0.3, -0.25) is 0 Å². The van der Waals surface area contributed by atoms with Crippen molar-refractivity contribution in [1.29, 1.82) is 0 Å². The van der Waals surface area contributed by atoms with Crippen LogP contribution < -0.4 is 0 Å². The van der Waals surface area contributed by atoms with Crippen molar-refractivity contribution in [1.82, 2.24) is 0 Å². The third kappa shape index (κ3) is 3.53. The molecule has 0 bridgehead atoms. The van der Waals surface area contributed by atoms with Gasteiger partial charge in [0.05, 0.1) is 0 Å². The molecule has 1 heteroatoms. The van der Waals surface area contributed by atoms with E-state index in [-0.39, 0.29) is 0 Å². The van der Waals surface area contributed by atoms with Crippen LogP contribution in [0.5, 0.6) is 0 Å². The second-order valence-electron chi connectivity index (χ2n) is 7.04. The topological polar surface area (TPSA) is 0 Å². The van der Waals surface area contributed by atoms with Gasteiger partial charge in [-0.1, -0.05) is 109 Å². The van der Waals surface area contributed by atoms with Crippen LogP contribution in [-0.4, -0.2) is 0 Å². The Bertz CT molecular complexity index is 1150.